The molecule has 3 nitrogen and oxygen atoms in total. The summed E-state index contributed by atoms with van der Waals surface area (Å²) in [5, 5.41) is 0. The predicted molar refractivity (Wildman–Crippen MR) is 80.3 cm³/mol. The van der Waals surface area contributed by atoms with E-state index in [9.17, 15) is 4.79 Å². The van der Waals surface area contributed by atoms with E-state index in [1.165, 1.54) is 5.56 Å². The minimum absolute atomic E-state index is 0.0754. The Labute approximate surface area is 126 Å². The molecule has 1 aliphatic rings. The Kier molecular flexibility index (Phi) is 3.57. The third kappa shape index (κ3) is 2.48. The van der Waals surface area contributed by atoms with Crippen LogP contribution < -0.4 is 4.74 Å². The largest absolute Gasteiger partial charge is 0.493 e. The normalized spacial score (nSPS) is 12.9. The molecule has 1 aliphatic heterocycles. The fourth-order valence-corrected chi connectivity index (χ4v) is 3.08. The molecular formula is C16H14BrNO2. The topological polar surface area (TPSA) is 39.2 Å². The highest BCUT2D eigenvalue weighted by Gasteiger charge is 2.20. The first-order valence-electron chi connectivity index (χ1n) is 6.54. The van der Waals surface area contributed by atoms with Gasteiger partial charge in [0, 0.05) is 40.3 Å². The zero-order chi connectivity index (χ0) is 14.1. The number of halogens is 1. The zero-order valence-electron chi connectivity index (χ0n) is 11.1. The van der Waals surface area contributed by atoms with Gasteiger partial charge < -0.3 is 4.74 Å². The Morgan fingerprint density at radius 3 is 3.10 bits per heavy atom. The van der Waals surface area contributed by atoms with Gasteiger partial charge in [-0.05, 0) is 36.8 Å². The third-order valence-corrected chi connectivity index (χ3v) is 3.94. The summed E-state index contributed by atoms with van der Waals surface area (Å²) in [5.74, 6) is 0.953. The first kappa shape index (κ1) is 13.3. The number of nitrogens with zero attached hydrogens (tertiary/aromatic N) is 1. The number of aryl methyl sites for hydroxylation is 1. The van der Waals surface area contributed by atoms with Crippen LogP contribution in [0.4, 0.5) is 0 Å². The van der Waals surface area contributed by atoms with Crippen molar-refractivity contribution in [1.82, 2.24) is 4.98 Å². The van der Waals surface area contributed by atoms with Crippen molar-refractivity contribution in [1.29, 1.82) is 0 Å². The van der Waals surface area contributed by atoms with Gasteiger partial charge in [0.15, 0.2) is 5.78 Å². The van der Waals surface area contributed by atoms with E-state index in [0.29, 0.717) is 18.6 Å². The van der Waals surface area contributed by atoms with Crippen molar-refractivity contribution in [2.24, 2.45) is 0 Å². The van der Waals surface area contributed by atoms with E-state index < -0.39 is 0 Å². The molecule has 3 rings (SSSR count). The number of ketones is 1. The molecule has 4 heteroatoms. The monoisotopic (exact) mass is 331 g/mol. The molecule has 1 aromatic carbocycles. The Hall–Kier alpha value is -1.68. The van der Waals surface area contributed by atoms with Gasteiger partial charge >= 0.3 is 0 Å². The van der Waals surface area contributed by atoms with Crippen molar-refractivity contribution in [2.45, 2.75) is 19.8 Å². The zero-order valence-corrected chi connectivity index (χ0v) is 12.7. The van der Waals surface area contributed by atoms with Gasteiger partial charge in [-0.3, -0.25) is 9.78 Å². The maximum Gasteiger partial charge on any atom is 0.169 e. The number of aromatic nitrogens is 1. The molecule has 102 valence electrons. The van der Waals surface area contributed by atoms with Gasteiger partial charge in [0.1, 0.15) is 5.75 Å². The second-order valence-electron chi connectivity index (χ2n) is 4.89. The first-order valence-corrected chi connectivity index (χ1v) is 7.33. The summed E-state index contributed by atoms with van der Waals surface area (Å²) < 4.78 is 6.66. The molecule has 0 saturated heterocycles. The Balaban J connectivity index is 1.93. The van der Waals surface area contributed by atoms with Crippen molar-refractivity contribution < 1.29 is 9.53 Å². The van der Waals surface area contributed by atoms with Gasteiger partial charge in [0.25, 0.3) is 0 Å². The molecule has 0 spiro atoms. The number of carbonyl (C=O) groups is 1. The Morgan fingerprint density at radius 1 is 1.45 bits per heavy atom. The van der Waals surface area contributed by atoms with Crippen molar-refractivity contribution in [3.8, 4) is 5.75 Å². The van der Waals surface area contributed by atoms with E-state index in [2.05, 4.69) is 27.0 Å². The van der Waals surface area contributed by atoms with Gasteiger partial charge in [-0.15, -0.1) is 0 Å². The highest BCUT2D eigenvalue weighted by Crippen LogP contribution is 2.33. The van der Waals surface area contributed by atoms with Gasteiger partial charge in [0.2, 0.25) is 0 Å². The van der Waals surface area contributed by atoms with Crippen molar-refractivity contribution in [3.05, 3.63) is 57.3 Å². The SMILES string of the molecule is Cc1ncccc1C(=O)Cc1cc(Br)cc2c1OCC2. The fourth-order valence-electron chi connectivity index (χ4n) is 2.52. The van der Waals surface area contributed by atoms with Crippen LogP contribution in [0.25, 0.3) is 0 Å². The molecule has 0 atom stereocenters. The van der Waals surface area contributed by atoms with Crippen LogP contribution in [-0.2, 0) is 12.8 Å². The van der Waals surface area contributed by atoms with Crippen LogP contribution in [0.15, 0.2) is 34.9 Å². The van der Waals surface area contributed by atoms with E-state index in [-0.39, 0.29) is 5.78 Å². The fraction of sp³-hybridized carbons (Fsp3) is 0.250. The number of Topliss-reactive ketones (excluding diaryl/α,β-unsaturated/α-hetero) is 1. The van der Waals surface area contributed by atoms with Gasteiger partial charge in [0.05, 0.1) is 6.61 Å². The lowest BCUT2D eigenvalue weighted by Crippen LogP contribution is -2.07. The predicted octanol–water partition coefficient (Wildman–Crippen LogP) is 3.51. The molecule has 2 heterocycles. The highest BCUT2D eigenvalue weighted by atomic mass is 79.9. The van der Waals surface area contributed by atoms with E-state index >= 15 is 0 Å². The molecule has 0 amide bonds. The molecular weight excluding hydrogens is 318 g/mol. The average molecular weight is 332 g/mol. The van der Waals surface area contributed by atoms with Gasteiger partial charge in [-0.2, -0.15) is 0 Å². The molecule has 0 fully saturated rings. The summed E-state index contributed by atoms with van der Waals surface area (Å²) in [6.45, 7) is 2.55. The van der Waals surface area contributed by atoms with Crippen LogP contribution >= 0.6 is 15.9 Å². The average Bonchev–Trinajstić information content (AvgIpc) is 2.87. The quantitative estimate of drug-likeness (QED) is 0.808. The maximum absolute atomic E-state index is 12.4. The van der Waals surface area contributed by atoms with E-state index in [0.717, 1.165) is 27.9 Å². The summed E-state index contributed by atoms with van der Waals surface area (Å²) in [6, 6.07) is 7.64. The standard InChI is InChI=1S/C16H14BrNO2/c1-10-14(3-2-5-18-10)15(19)9-12-8-13(17)7-11-4-6-20-16(11)12/h2-3,5,7-8H,4,6,9H2,1H3. The number of pyridine rings is 1. The van der Waals surface area contributed by atoms with E-state index in [1.807, 2.05) is 19.1 Å². The lowest BCUT2D eigenvalue weighted by Gasteiger charge is -2.09. The van der Waals surface area contributed by atoms with E-state index in [1.54, 1.807) is 12.3 Å². The molecule has 2 aromatic rings. The van der Waals surface area contributed by atoms with Crippen LogP contribution in [0, 0.1) is 6.92 Å². The number of benzene rings is 1. The van der Waals surface area contributed by atoms with Gasteiger partial charge in [-0.1, -0.05) is 15.9 Å². The minimum Gasteiger partial charge on any atom is -0.493 e. The van der Waals surface area contributed by atoms with E-state index in [4.69, 9.17) is 4.74 Å². The van der Waals surface area contributed by atoms with Crippen LogP contribution in [0.5, 0.6) is 5.75 Å². The molecule has 0 saturated carbocycles. The van der Waals surface area contributed by atoms with Crippen LogP contribution in [-0.4, -0.2) is 17.4 Å². The molecule has 20 heavy (non-hydrogen) atoms. The molecule has 0 N–H and O–H groups in total. The number of fused-ring (bicyclic) bond motifs is 1. The number of hydrogen-bond donors (Lipinski definition) is 0. The highest BCUT2D eigenvalue weighted by molar-refractivity contribution is 9.10. The molecule has 1 aromatic heterocycles. The summed E-state index contributed by atoms with van der Waals surface area (Å²) in [4.78, 5) is 16.6. The Bertz CT molecular complexity index is 682. The second kappa shape index (κ2) is 5.37. The minimum atomic E-state index is 0.0754. The van der Waals surface area contributed by atoms with Crippen LogP contribution in [0.3, 0.4) is 0 Å². The van der Waals surface area contributed by atoms with Crippen LogP contribution in [0.2, 0.25) is 0 Å². The smallest absolute Gasteiger partial charge is 0.169 e. The number of ether oxygens (including phenoxy) is 1. The summed E-state index contributed by atoms with van der Waals surface area (Å²) in [7, 11) is 0. The Morgan fingerprint density at radius 2 is 2.30 bits per heavy atom. The number of carbonyl (C=O) groups excluding carboxylic acids is 1. The van der Waals surface area contributed by atoms with Crippen LogP contribution in [0.1, 0.15) is 27.2 Å². The van der Waals surface area contributed by atoms with Gasteiger partial charge in [-0.25, -0.2) is 0 Å². The first-order chi connectivity index (χ1) is 9.65. The van der Waals surface area contributed by atoms with Crippen molar-refractivity contribution in [3.63, 3.8) is 0 Å². The second-order valence-corrected chi connectivity index (χ2v) is 5.80. The molecule has 0 radical (unpaired) electrons. The van der Waals surface area contributed by atoms with Crippen molar-refractivity contribution >= 4 is 21.7 Å². The summed E-state index contributed by atoms with van der Waals surface area (Å²) >= 11 is 3.50. The van der Waals surface area contributed by atoms with Crippen molar-refractivity contribution in [2.75, 3.05) is 6.61 Å². The molecule has 0 unspecified atom stereocenters. The molecule has 0 aliphatic carbocycles. The molecule has 0 bridgehead atoms. The summed E-state index contributed by atoms with van der Waals surface area (Å²) in [5.41, 5.74) is 3.56. The maximum atomic E-state index is 12.4. The lowest BCUT2D eigenvalue weighted by atomic mass is 9.99. The third-order valence-electron chi connectivity index (χ3n) is 3.48. The number of rotatable bonds is 3. The lowest BCUT2D eigenvalue weighted by molar-refractivity contribution is 0.0991. The number of hydrogen-bond acceptors (Lipinski definition) is 3. The summed E-state index contributed by atoms with van der Waals surface area (Å²) in [6.07, 6.45) is 2.95.